The average Bonchev–Trinajstić information content (AvgIpc) is 3.01. The summed E-state index contributed by atoms with van der Waals surface area (Å²) in [5.74, 6) is 1.35. The molecule has 0 bridgehead atoms. The van der Waals surface area contributed by atoms with Gasteiger partial charge in [0, 0.05) is 12.4 Å². The van der Waals surface area contributed by atoms with Crippen LogP contribution in [-0.2, 0) is 0 Å². The van der Waals surface area contributed by atoms with Gasteiger partial charge in [-0.25, -0.2) is 9.97 Å². The fourth-order valence-electron chi connectivity index (χ4n) is 4.43. The minimum Gasteiger partial charge on any atom is -0.353 e. The van der Waals surface area contributed by atoms with Crippen LogP contribution in [0.1, 0.15) is 16.7 Å². The van der Waals surface area contributed by atoms with Crippen molar-refractivity contribution in [3.8, 4) is 0 Å². The molecule has 0 radical (unpaired) electrons. The first-order valence-electron chi connectivity index (χ1n) is 14.0. The van der Waals surface area contributed by atoms with E-state index in [0.717, 1.165) is 61.5 Å². The second kappa shape index (κ2) is 13.2. The van der Waals surface area contributed by atoms with Gasteiger partial charge in [-0.15, -0.1) is 5.10 Å². The Balaban J connectivity index is 0.000000167. The Morgan fingerprint density at radius 1 is 0.489 bits per heavy atom. The van der Waals surface area contributed by atoms with E-state index in [4.69, 9.17) is 11.6 Å². The standard InChI is InChI=1S/C19H17N7.C14H11ClN4/c1-12-5-14(10-20-8-12)23-15-7-17-16(21-11-15)3-4-18(24-17)25-19-6-13(2)9-22-26-19;1-9-4-10(7-16-6-9)18-11-5-13-12(17-8-11)2-3-14(15)19-13/h3-11,23H,1-2H3,(H,24,25,26);2-8,18H,1H3. The van der Waals surface area contributed by atoms with Crippen LogP contribution in [0.3, 0.4) is 0 Å². The predicted octanol–water partition coefficient (Wildman–Crippen LogP) is 7.65. The van der Waals surface area contributed by atoms with Gasteiger partial charge in [-0.2, -0.15) is 5.10 Å². The molecule has 0 aliphatic rings. The van der Waals surface area contributed by atoms with E-state index in [-0.39, 0.29) is 0 Å². The number of rotatable bonds is 6. The van der Waals surface area contributed by atoms with Crippen molar-refractivity contribution in [1.82, 2.24) is 40.1 Å². The van der Waals surface area contributed by atoms with E-state index in [9.17, 15) is 0 Å². The van der Waals surface area contributed by atoms with Gasteiger partial charge in [0.15, 0.2) is 5.82 Å². The zero-order valence-electron chi connectivity index (χ0n) is 24.7. The van der Waals surface area contributed by atoms with Gasteiger partial charge in [0.1, 0.15) is 11.0 Å². The molecule has 7 aromatic rings. The second-order valence-electron chi connectivity index (χ2n) is 10.4. The first kappa shape index (κ1) is 29.3. The number of nitrogens with zero attached hydrogens (tertiary/aromatic N) is 8. The maximum atomic E-state index is 5.88. The Kier molecular flexibility index (Phi) is 8.60. The van der Waals surface area contributed by atoms with Crippen LogP contribution in [0.5, 0.6) is 0 Å². The molecule has 222 valence electrons. The lowest BCUT2D eigenvalue weighted by molar-refractivity contribution is 1.02. The molecule has 0 amide bonds. The van der Waals surface area contributed by atoms with E-state index < -0.39 is 0 Å². The van der Waals surface area contributed by atoms with Crippen molar-refractivity contribution < 1.29 is 0 Å². The van der Waals surface area contributed by atoms with Crippen molar-refractivity contribution in [2.75, 3.05) is 16.0 Å². The number of hydrogen-bond donors (Lipinski definition) is 3. The van der Waals surface area contributed by atoms with Crippen LogP contribution in [-0.4, -0.2) is 40.1 Å². The normalized spacial score (nSPS) is 10.7. The third-order valence-corrected chi connectivity index (χ3v) is 6.63. The van der Waals surface area contributed by atoms with Crippen molar-refractivity contribution in [1.29, 1.82) is 0 Å². The maximum Gasteiger partial charge on any atom is 0.154 e. The van der Waals surface area contributed by atoms with Crippen LogP contribution in [0.4, 0.5) is 34.4 Å². The summed E-state index contributed by atoms with van der Waals surface area (Å²) in [5.41, 5.74) is 9.93. The molecule has 0 saturated heterocycles. The van der Waals surface area contributed by atoms with Crippen molar-refractivity contribution >= 4 is 68.1 Å². The van der Waals surface area contributed by atoms with E-state index >= 15 is 0 Å². The lowest BCUT2D eigenvalue weighted by atomic mass is 10.2. The zero-order valence-corrected chi connectivity index (χ0v) is 25.4. The van der Waals surface area contributed by atoms with Gasteiger partial charge >= 0.3 is 0 Å². The van der Waals surface area contributed by atoms with Crippen LogP contribution < -0.4 is 16.0 Å². The lowest BCUT2D eigenvalue weighted by Crippen LogP contribution is -1.99. The smallest absolute Gasteiger partial charge is 0.154 e. The summed E-state index contributed by atoms with van der Waals surface area (Å²) in [7, 11) is 0. The molecular weight excluding hydrogens is 586 g/mol. The lowest BCUT2D eigenvalue weighted by Gasteiger charge is -2.09. The molecule has 0 unspecified atom stereocenters. The van der Waals surface area contributed by atoms with E-state index in [2.05, 4.69) is 56.1 Å². The minimum atomic E-state index is 0.462. The van der Waals surface area contributed by atoms with E-state index in [1.165, 1.54) is 0 Å². The van der Waals surface area contributed by atoms with Crippen LogP contribution in [0.2, 0.25) is 5.15 Å². The molecule has 0 aliphatic carbocycles. The Bertz CT molecular complexity index is 2040. The average molecular weight is 614 g/mol. The number of hydrogen-bond acceptors (Lipinski definition) is 11. The zero-order chi connectivity index (χ0) is 31.2. The first-order valence-corrected chi connectivity index (χ1v) is 14.4. The summed E-state index contributed by atoms with van der Waals surface area (Å²) in [6.45, 7) is 5.97. The third kappa shape index (κ3) is 7.78. The summed E-state index contributed by atoms with van der Waals surface area (Å²) in [4.78, 5) is 26.0. The van der Waals surface area contributed by atoms with Gasteiger partial charge < -0.3 is 16.0 Å². The van der Waals surface area contributed by atoms with Gasteiger partial charge in [-0.1, -0.05) is 11.6 Å². The van der Waals surface area contributed by atoms with Crippen LogP contribution in [0.15, 0.2) is 98.0 Å². The molecule has 0 atom stereocenters. The van der Waals surface area contributed by atoms with Crippen molar-refractivity contribution in [3.63, 3.8) is 0 Å². The third-order valence-electron chi connectivity index (χ3n) is 6.42. The van der Waals surface area contributed by atoms with Gasteiger partial charge in [-0.05, 0) is 92.1 Å². The Labute approximate surface area is 264 Å². The topological polar surface area (TPSA) is 139 Å². The molecular formula is C33H28ClN11. The molecule has 0 saturated carbocycles. The van der Waals surface area contributed by atoms with Gasteiger partial charge in [-0.3, -0.25) is 19.9 Å². The maximum absolute atomic E-state index is 5.88. The Hall–Kier alpha value is -5.81. The second-order valence-corrected chi connectivity index (χ2v) is 10.7. The van der Waals surface area contributed by atoms with Crippen molar-refractivity contribution in [2.45, 2.75) is 20.8 Å². The fourth-order valence-corrected chi connectivity index (χ4v) is 4.58. The number of aromatic nitrogens is 8. The number of nitrogens with one attached hydrogen (secondary N) is 3. The van der Waals surface area contributed by atoms with Crippen LogP contribution in [0, 0.1) is 20.8 Å². The highest BCUT2D eigenvalue weighted by molar-refractivity contribution is 6.29. The van der Waals surface area contributed by atoms with Crippen molar-refractivity contribution in [3.05, 3.63) is 120 Å². The quantitative estimate of drug-likeness (QED) is 0.159. The summed E-state index contributed by atoms with van der Waals surface area (Å²) in [6.07, 6.45) is 12.4. The minimum absolute atomic E-state index is 0.462. The van der Waals surface area contributed by atoms with E-state index in [0.29, 0.717) is 16.8 Å². The van der Waals surface area contributed by atoms with Gasteiger partial charge in [0.2, 0.25) is 0 Å². The highest BCUT2D eigenvalue weighted by Crippen LogP contribution is 2.23. The monoisotopic (exact) mass is 613 g/mol. The fraction of sp³-hybridized carbons (Fsp3) is 0.0909. The summed E-state index contributed by atoms with van der Waals surface area (Å²) >= 11 is 5.88. The van der Waals surface area contributed by atoms with E-state index in [1.807, 2.05) is 81.7 Å². The number of aryl methyl sites for hydroxylation is 3. The molecule has 3 N–H and O–H groups in total. The highest BCUT2D eigenvalue weighted by Gasteiger charge is 2.05. The van der Waals surface area contributed by atoms with Gasteiger partial charge in [0.05, 0.1) is 75.8 Å². The van der Waals surface area contributed by atoms with E-state index in [1.54, 1.807) is 37.1 Å². The van der Waals surface area contributed by atoms with Crippen LogP contribution in [0.25, 0.3) is 22.1 Å². The molecule has 0 fully saturated rings. The number of halogens is 1. The molecule has 7 aromatic heterocycles. The molecule has 0 spiro atoms. The van der Waals surface area contributed by atoms with Crippen molar-refractivity contribution in [2.24, 2.45) is 0 Å². The molecule has 0 aromatic carbocycles. The Morgan fingerprint density at radius 3 is 1.64 bits per heavy atom. The molecule has 7 heterocycles. The first-order chi connectivity index (χ1) is 21.9. The summed E-state index contributed by atoms with van der Waals surface area (Å²) in [6, 6.07) is 17.2. The molecule has 7 rings (SSSR count). The Morgan fingerprint density at radius 2 is 1.04 bits per heavy atom. The molecule has 12 heteroatoms. The largest absolute Gasteiger partial charge is 0.353 e. The molecule has 45 heavy (non-hydrogen) atoms. The highest BCUT2D eigenvalue weighted by atomic mass is 35.5. The number of anilines is 6. The van der Waals surface area contributed by atoms with Gasteiger partial charge in [0.25, 0.3) is 0 Å². The van der Waals surface area contributed by atoms with Crippen LogP contribution >= 0.6 is 11.6 Å². The SMILES string of the molecule is Cc1cncc(Nc2cnc3ccc(Cl)nc3c2)c1.Cc1cncc(Nc2cnc3ccc(Nc4cc(C)cnn4)nc3c2)c1. The molecule has 0 aliphatic heterocycles. The summed E-state index contributed by atoms with van der Waals surface area (Å²) < 4.78 is 0. The number of pyridine rings is 6. The predicted molar refractivity (Wildman–Crippen MR) is 179 cm³/mol. The molecule has 11 nitrogen and oxygen atoms in total. The number of fused-ring (bicyclic) bond motifs is 2. The summed E-state index contributed by atoms with van der Waals surface area (Å²) in [5, 5.41) is 18.2.